The Labute approximate surface area is 199 Å². The van der Waals surface area contributed by atoms with Crippen molar-refractivity contribution in [2.75, 3.05) is 25.9 Å². The van der Waals surface area contributed by atoms with Crippen LogP contribution in [0.25, 0.3) is 0 Å². The van der Waals surface area contributed by atoms with Crippen molar-refractivity contribution < 1.29 is 14.3 Å². The van der Waals surface area contributed by atoms with Gasteiger partial charge in [0, 0.05) is 46.7 Å². The van der Waals surface area contributed by atoms with E-state index in [2.05, 4.69) is 22.1 Å². The van der Waals surface area contributed by atoms with Crippen LogP contribution >= 0.6 is 11.8 Å². The fourth-order valence-corrected chi connectivity index (χ4v) is 5.51. The predicted octanol–water partition coefficient (Wildman–Crippen LogP) is 3.86. The number of H-pyrrole nitrogens is 1. The van der Waals surface area contributed by atoms with E-state index < -0.39 is 5.79 Å². The van der Waals surface area contributed by atoms with Crippen LogP contribution in [0.5, 0.6) is 11.5 Å². The molecule has 33 heavy (non-hydrogen) atoms. The number of pyridine rings is 1. The lowest BCUT2D eigenvalue weighted by atomic mass is 9.89. The van der Waals surface area contributed by atoms with E-state index >= 15 is 0 Å². The molecule has 1 unspecified atom stereocenters. The van der Waals surface area contributed by atoms with Crippen LogP contribution in [0.1, 0.15) is 53.9 Å². The zero-order valence-electron chi connectivity index (χ0n) is 20.0. The summed E-state index contributed by atoms with van der Waals surface area (Å²) in [6.07, 6.45) is 3.96. The standard InChI is InChI=1S/C25H33N3O4S/c1-6-28-11-9-17(10-12-28)25(4)31-20-8-7-18(16(3)22(20)32-25)23(29)26-14-19-21(33-5)13-15(2)27-24(19)30/h7-8,13,17H,6,9-12,14H2,1-5H3,(H,26,29)(H,27,30). The molecule has 3 heterocycles. The molecule has 8 heteroatoms. The summed E-state index contributed by atoms with van der Waals surface area (Å²) < 4.78 is 12.7. The van der Waals surface area contributed by atoms with Crippen molar-refractivity contribution in [3.05, 3.63) is 50.9 Å². The van der Waals surface area contributed by atoms with E-state index in [-0.39, 0.29) is 18.0 Å². The molecule has 1 fully saturated rings. The number of aromatic amines is 1. The molecule has 0 radical (unpaired) electrons. The Bertz CT molecular complexity index is 1110. The number of rotatable bonds is 6. The Morgan fingerprint density at radius 1 is 1.27 bits per heavy atom. The summed E-state index contributed by atoms with van der Waals surface area (Å²) in [6, 6.07) is 5.51. The highest BCUT2D eigenvalue weighted by Gasteiger charge is 2.46. The number of aromatic nitrogens is 1. The third-order valence-electron chi connectivity index (χ3n) is 6.88. The average Bonchev–Trinajstić information content (AvgIpc) is 3.16. The predicted molar refractivity (Wildman–Crippen MR) is 130 cm³/mol. The van der Waals surface area contributed by atoms with Gasteiger partial charge in [0.15, 0.2) is 11.5 Å². The number of piperidine rings is 1. The maximum Gasteiger partial charge on any atom is 0.254 e. The summed E-state index contributed by atoms with van der Waals surface area (Å²) in [4.78, 5) is 31.5. The molecule has 1 atom stereocenters. The third kappa shape index (κ3) is 4.64. The molecule has 2 N–H and O–H groups in total. The van der Waals surface area contributed by atoms with E-state index in [1.807, 2.05) is 39.2 Å². The lowest BCUT2D eigenvalue weighted by Crippen LogP contribution is -2.48. The lowest BCUT2D eigenvalue weighted by Gasteiger charge is -2.38. The first-order valence-electron chi connectivity index (χ1n) is 11.5. The number of aryl methyl sites for hydroxylation is 1. The van der Waals surface area contributed by atoms with Gasteiger partial charge in [0.25, 0.3) is 17.3 Å². The van der Waals surface area contributed by atoms with Crippen molar-refractivity contribution in [1.82, 2.24) is 15.2 Å². The van der Waals surface area contributed by atoms with Crippen LogP contribution in [0, 0.1) is 19.8 Å². The van der Waals surface area contributed by atoms with Gasteiger partial charge in [-0.2, -0.15) is 0 Å². The number of benzene rings is 1. The second kappa shape index (κ2) is 9.43. The molecule has 1 saturated heterocycles. The second-order valence-electron chi connectivity index (χ2n) is 9.01. The van der Waals surface area contributed by atoms with Crippen LogP contribution in [-0.2, 0) is 6.54 Å². The van der Waals surface area contributed by atoms with Crippen LogP contribution in [0.2, 0.25) is 0 Å². The normalized spacial score (nSPS) is 20.8. The van der Waals surface area contributed by atoms with Crippen LogP contribution in [0.15, 0.2) is 27.9 Å². The van der Waals surface area contributed by atoms with Crippen LogP contribution in [-0.4, -0.2) is 47.5 Å². The van der Waals surface area contributed by atoms with Gasteiger partial charge in [-0.05, 0) is 70.8 Å². The minimum Gasteiger partial charge on any atom is -0.448 e. The topological polar surface area (TPSA) is 83.7 Å². The molecular weight excluding hydrogens is 438 g/mol. The number of carbonyl (C=O) groups is 1. The summed E-state index contributed by atoms with van der Waals surface area (Å²) in [7, 11) is 0. The molecule has 2 aliphatic rings. The van der Waals surface area contributed by atoms with Crippen molar-refractivity contribution in [2.24, 2.45) is 5.92 Å². The smallest absolute Gasteiger partial charge is 0.254 e. The van der Waals surface area contributed by atoms with E-state index in [0.717, 1.165) is 48.6 Å². The maximum absolute atomic E-state index is 13.0. The Kier molecular flexibility index (Phi) is 6.77. The van der Waals surface area contributed by atoms with Crippen LogP contribution < -0.4 is 20.3 Å². The summed E-state index contributed by atoms with van der Waals surface area (Å²) in [6.45, 7) is 11.2. The van der Waals surface area contributed by atoms with Gasteiger partial charge < -0.3 is 24.7 Å². The summed E-state index contributed by atoms with van der Waals surface area (Å²) in [5, 5.41) is 2.90. The minimum atomic E-state index is -0.718. The number of fused-ring (bicyclic) bond motifs is 1. The van der Waals surface area contributed by atoms with E-state index in [1.54, 1.807) is 6.07 Å². The number of thioether (sulfide) groups is 1. The average molecular weight is 472 g/mol. The molecule has 1 aromatic carbocycles. The van der Waals surface area contributed by atoms with Crippen molar-refractivity contribution in [1.29, 1.82) is 0 Å². The molecular formula is C25H33N3O4S. The Morgan fingerprint density at radius 3 is 2.67 bits per heavy atom. The van der Waals surface area contributed by atoms with Gasteiger partial charge in [0.05, 0.1) is 0 Å². The number of ether oxygens (including phenoxy) is 2. The Morgan fingerprint density at radius 2 is 2.00 bits per heavy atom. The number of nitrogens with zero attached hydrogens (tertiary/aromatic N) is 1. The van der Waals surface area contributed by atoms with Crippen molar-refractivity contribution >= 4 is 17.7 Å². The number of hydrogen-bond donors (Lipinski definition) is 2. The molecule has 0 aliphatic carbocycles. The highest BCUT2D eigenvalue weighted by Crippen LogP contribution is 2.47. The van der Waals surface area contributed by atoms with Crippen molar-refractivity contribution in [3.63, 3.8) is 0 Å². The molecule has 0 spiro atoms. The summed E-state index contributed by atoms with van der Waals surface area (Å²) in [5.41, 5.74) is 2.46. The number of carbonyl (C=O) groups excluding carboxylic acids is 1. The van der Waals surface area contributed by atoms with Crippen LogP contribution in [0.4, 0.5) is 0 Å². The van der Waals surface area contributed by atoms with Gasteiger partial charge in [-0.15, -0.1) is 11.8 Å². The van der Waals surface area contributed by atoms with E-state index in [1.165, 1.54) is 11.8 Å². The zero-order chi connectivity index (χ0) is 23.8. The quantitative estimate of drug-likeness (QED) is 0.623. The largest absolute Gasteiger partial charge is 0.448 e. The first-order valence-corrected chi connectivity index (χ1v) is 12.8. The third-order valence-corrected chi connectivity index (χ3v) is 7.69. The molecule has 4 rings (SSSR count). The first-order chi connectivity index (χ1) is 15.8. The van der Waals surface area contributed by atoms with Gasteiger partial charge >= 0.3 is 0 Å². The minimum absolute atomic E-state index is 0.159. The van der Waals surface area contributed by atoms with E-state index in [0.29, 0.717) is 28.5 Å². The Hall–Kier alpha value is -2.45. The number of hydrogen-bond acceptors (Lipinski definition) is 6. The number of likely N-dealkylation sites (tertiary alicyclic amines) is 1. The highest BCUT2D eigenvalue weighted by atomic mass is 32.2. The molecule has 0 saturated carbocycles. The van der Waals surface area contributed by atoms with Crippen molar-refractivity contribution in [2.45, 2.75) is 57.8 Å². The molecule has 1 amide bonds. The van der Waals surface area contributed by atoms with E-state index in [4.69, 9.17) is 9.47 Å². The fraction of sp³-hybridized carbons (Fsp3) is 0.520. The SMILES string of the molecule is CCN1CCC(C2(C)Oc3ccc(C(=O)NCc4c(SC)cc(C)[nH]c4=O)c(C)c3O2)CC1. The fourth-order valence-electron chi connectivity index (χ4n) is 4.80. The molecule has 2 aromatic rings. The molecule has 2 aliphatic heterocycles. The Balaban J connectivity index is 1.49. The molecule has 1 aromatic heterocycles. The lowest BCUT2D eigenvalue weighted by molar-refractivity contribution is -0.124. The second-order valence-corrected chi connectivity index (χ2v) is 9.85. The van der Waals surface area contributed by atoms with E-state index in [9.17, 15) is 9.59 Å². The van der Waals surface area contributed by atoms with Gasteiger partial charge in [0.2, 0.25) is 0 Å². The first kappa shape index (κ1) is 23.7. The summed E-state index contributed by atoms with van der Waals surface area (Å²) in [5.74, 6) is 0.661. The number of nitrogens with one attached hydrogen (secondary N) is 2. The summed E-state index contributed by atoms with van der Waals surface area (Å²) >= 11 is 1.49. The van der Waals surface area contributed by atoms with Gasteiger partial charge in [-0.25, -0.2) is 0 Å². The van der Waals surface area contributed by atoms with Gasteiger partial charge in [0.1, 0.15) is 0 Å². The maximum atomic E-state index is 13.0. The van der Waals surface area contributed by atoms with Crippen molar-refractivity contribution in [3.8, 4) is 11.5 Å². The number of amides is 1. The molecule has 7 nitrogen and oxygen atoms in total. The van der Waals surface area contributed by atoms with Gasteiger partial charge in [-0.3, -0.25) is 9.59 Å². The molecule has 178 valence electrons. The van der Waals surface area contributed by atoms with Crippen LogP contribution in [0.3, 0.4) is 0 Å². The monoisotopic (exact) mass is 471 g/mol. The van der Waals surface area contributed by atoms with Gasteiger partial charge in [-0.1, -0.05) is 6.92 Å². The molecule has 0 bridgehead atoms. The zero-order valence-corrected chi connectivity index (χ0v) is 20.9. The highest BCUT2D eigenvalue weighted by molar-refractivity contribution is 7.98.